The van der Waals surface area contributed by atoms with E-state index in [4.69, 9.17) is 5.14 Å². The molecular formula is C13H21N3O2S. The van der Waals surface area contributed by atoms with Gasteiger partial charge in [0.05, 0.1) is 5.69 Å². The molecule has 1 aromatic carbocycles. The Morgan fingerprint density at radius 3 is 2.84 bits per heavy atom. The molecule has 1 aromatic rings. The van der Waals surface area contributed by atoms with E-state index in [9.17, 15) is 8.42 Å². The van der Waals surface area contributed by atoms with Gasteiger partial charge in [-0.2, -0.15) is 0 Å². The van der Waals surface area contributed by atoms with Crippen LogP contribution in [0.4, 0.5) is 5.69 Å². The molecule has 1 atom stereocenters. The molecule has 1 saturated heterocycles. The number of nitrogens with two attached hydrogens (primary N) is 1. The number of hydrogen-bond acceptors (Lipinski definition) is 4. The van der Waals surface area contributed by atoms with Crippen LogP contribution < -0.4 is 10.5 Å². The molecule has 0 spiro atoms. The van der Waals surface area contributed by atoms with Crippen molar-refractivity contribution >= 4 is 15.7 Å². The van der Waals surface area contributed by atoms with Crippen LogP contribution in [0.1, 0.15) is 19.8 Å². The van der Waals surface area contributed by atoms with Gasteiger partial charge < -0.3 is 10.2 Å². The number of hydrogen-bond donors (Lipinski definition) is 2. The normalized spacial score (nSPS) is 21.3. The van der Waals surface area contributed by atoms with E-state index in [2.05, 4.69) is 17.1 Å². The highest BCUT2D eigenvalue weighted by Gasteiger charge is 2.21. The Balaban J connectivity index is 2.15. The molecule has 0 amide bonds. The van der Waals surface area contributed by atoms with Gasteiger partial charge in [0.15, 0.2) is 0 Å². The largest absolute Gasteiger partial charge is 0.380 e. The summed E-state index contributed by atoms with van der Waals surface area (Å²) >= 11 is 0. The van der Waals surface area contributed by atoms with Gasteiger partial charge >= 0.3 is 0 Å². The second kappa shape index (κ2) is 5.90. The van der Waals surface area contributed by atoms with Gasteiger partial charge in [-0.1, -0.05) is 19.1 Å². The van der Waals surface area contributed by atoms with Crippen molar-refractivity contribution in [2.45, 2.75) is 30.7 Å². The lowest BCUT2D eigenvalue weighted by molar-refractivity contribution is 0.226. The van der Waals surface area contributed by atoms with Crippen LogP contribution in [-0.4, -0.2) is 39.0 Å². The van der Waals surface area contributed by atoms with Crippen molar-refractivity contribution in [3.63, 3.8) is 0 Å². The van der Waals surface area contributed by atoms with Crippen molar-refractivity contribution < 1.29 is 8.42 Å². The molecule has 0 aromatic heterocycles. The van der Waals surface area contributed by atoms with Gasteiger partial charge in [0.1, 0.15) is 4.90 Å². The number of nitrogens with zero attached hydrogens (tertiary/aromatic N) is 1. The van der Waals surface area contributed by atoms with Crippen LogP contribution in [0.2, 0.25) is 0 Å². The van der Waals surface area contributed by atoms with Crippen molar-refractivity contribution in [2.24, 2.45) is 5.14 Å². The monoisotopic (exact) mass is 283 g/mol. The van der Waals surface area contributed by atoms with Crippen LogP contribution in [0.5, 0.6) is 0 Å². The van der Waals surface area contributed by atoms with Crippen LogP contribution in [0.25, 0.3) is 0 Å². The molecule has 0 saturated carbocycles. The predicted octanol–water partition coefficient (Wildman–Crippen LogP) is 1.23. The van der Waals surface area contributed by atoms with Gasteiger partial charge in [-0.15, -0.1) is 0 Å². The smallest absolute Gasteiger partial charge is 0.240 e. The van der Waals surface area contributed by atoms with Crippen LogP contribution in [0, 0.1) is 0 Å². The third-order valence-electron chi connectivity index (χ3n) is 3.51. The molecule has 1 aliphatic heterocycles. The fourth-order valence-corrected chi connectivity index (χ4v) is 3.22. The Hall–Kier alpha value is -1.11. The molecule has 0 radical (unpaired) electrons. The summed E-state index contributed by atoms with van der Waals surface area (Å²) in [5.41, 5.74) is 0.605. The van der Waals surface area contributed by atoms with E-state index < -0.39 is 10.0 Å². The van der Waals surface area contributed by atoms with E-state index in [-0.39, 0.29) is 10.9 Å². The summed E-state index contributed by atoms with van der Waals surface area (Å²) in [5.74, 6) is 0. The zero-order valence-electron chi connectivity index (χ0n) is 11.2. The lowest BCUT2D eigenvalue weighted by atomic mass is 10.1. The van der Waals surface area contributed by atoms with Crippen LogP contribution in [-0.2, 0) is 10.0 Å². The number of primary sulfonamides is 1. The van der Waals surface area contributed by atoms with Gasteiger partial charge in [0.25, 0.3) is 0 Å². The maximum Gasteiger partial charge on any atom is 0.240 e. The maximum absolute atomic E-state index is 11.5. The number of likely N-dealkylation sites (tertiary alicyclic amines) is 1. The SMILES string of the molecule is CCN1CCCC(Nc2ccccc2S(N)(=O)=O)C1. The molecule has 0 aliphatic carbocycles. The third-order valence-corrected chi connectivity index (χ3v) is 4.47. The third kappa shape index (κ3) is 3.68. The highest BCUT2D eigenvalue weighted by molar-refractivity contribution is 7.89. The first-order valence-corrected chi connectivity index (χ1v) is 8.16. The summed E-state index contributed by atoms with van der Waals surface area (Å²) in [4.78, 5) is 2.53. The zero-order chi connectivity index (χ0) is 13.9. The number of likely N-dealkylation sites (N-methyl/N-ethyl adjacent to an activating group) is 1. The van der Waals surface area contributed by atoms with Crippen molar-refractivity contribution in [3.8, 4) is 0 Å². The molecule has 1 aliphatic rings. The highest BCUT2D eigenvalue weighted by Crippen LogP contribution is 2.22. The van der Waals surface area contributed by atoms with E-state index in [0.29, 0.717) is 5.69 Å². The molecule has 106 valence electrons. The number of piperidine rings is 1. The van der Waals surface area contributed by atoms with Crippen molar-refractivity contribution in [1.29, 1.82) is 0 Å². The first-order chi connectivity index (χ1) is 9.00. The van der Waals surface area contributed by atoms with E-state index in [1.807, 2.05) is 6.07 Å². The Labute approximate surface area is 114 Å². The van der Waals surface area contributed by atoms with E-state index >= 15 is 0 Å². The number of sulfonamides is 1. The molecule has 0 bridgehead atoms. The van der Waals surface area contributed by atoms with Gasteiger partial charge in [-0.05, 0) is 38.1 Å². The quantitative estimate of drug-likeness (QED) is 0.871. The molecule has 1 fully saturated rings. The number of para-hydroxylation sites is 1. The molecule has 3 N–H and O–H groups in total. The minimum atomic E-state index is -3.68. The van der Waals surface area contributed by atoms with E-state index in [0.717, 1.165) is 32.5 Å². The molecule has 1 unspecified atom stereocenters. The van der Waals surface area contributed by atoms with Crippen LogP contribution in [0.15, 0.2) is 29.2 Å². The summed E-state index contributed by atoms with van der Waals surface area (Å²) in [7, 11) is -3.68. The topological polar surface area (TPSA) is 75.4 Å². The van der Waals surface area contributed by atoms with Gasteiger partial charge in [0.2, 0.25) is 10.0 Å². The van der Waals surface area contributed by atoms with Crippen molar-refractivity contribution in [2.75, 3.05) is 25.0 Å². The average molecular weight is 283 g/mol. The summed E-state index contributed by atoms with van der Waals surface area (Å²) < 4.78 is 23.1. The van der Waals surface area contributed by atoms with Crippen LogP contribution in [0.3, 0.4) is 0 Å². The lowest BCUT2D eigenvalue weighted by Crippen LogP contribution is -2.42. The summed E-state index contributed by atoms with van der Waals surface area (Å²) in [5, 5.41) is 8.56. The Bertz CT molecular complexity index is 530. The molecule has 5 nitrogen and oxygen atoms in total. The van der Waals surface area contributed by atoms with Crippen molar-refractivity contribution in [3.05, 3.63) is 24.3 Å². The van der Waals surface area contributed by atoms with Gasteiger partial charge in [-0.25, -0.2) is 13.6 Å². The minimum absolute atomic E-state index is 0.170. The number of rotatable bonds is 4. The lowest BCUT2D eigenvalue weighted by Gasteiger charge is -2.33. The molecule has 1 heterocycles. The Kier molecular flexibility index (Phi) is 4.44. The molecule has 6 heteroatoms. The van der Waals surface area contributed by atoms with Crippen molar-refractivity contribution in [1.82, 2.24) is 4.90 Å². The summed E-state index contributed by atoms with van der Waals surface area (Å²) in [6, 6.07) is 7.08. The fourth-order valence-electron chi connectivity index (χ4n) is 2.51. The van der Waals surface area contributed by atoms with Crippen LogP contribution >= 0.6 is 0 Å². The molecule has 2 rings (SSSR count). The zero-order valence-corrected chi connectivity index (χ0v) is 12.0. The van der Waals surface area contributed by atoms with Gasteiger partial charge in [-0.3, -0.25) is 0 Å². The minimum Gasteiger partial charge on any atom is -0.380 e. The number of anilines is 1. The summed E-state index contributed by atoms with van der Waals surface area (Å²) in [6.45, 7) is 5.22. The second-order valence-corrected chi connectivity index (χ2v) is 6.45. The Morgan fingerprint density at radius 2 is 2.16 bits per heavy atom. The fraction of sp³-hybridized carbons (Fsp3) is 0.538. The second-order valence-electron chi connectivity index (χ2n) is 4.92. The first-order valence-electron chi connectivity index (χ1n) is 6.61. The average Bonchev–Trinajstić information content (AvgIpc) is 2.38. The highest BCUT2D eigenvalue weighted by atomic mass is 32.2. The van der Waals surface area contributed by atoms with E-state index in [1.54, 1.807) is 12.1 Å². The predicted molar refractivity (Wildman–Crippen MR) is 76.6 cm³/mol. The molecule has 19 heavy (non-hydrogen) atoms. The van der Waals surface area contributed by atoms with Gasteiger partial charge in [0, 0.05) is 12.6 Å². The molecular weight excluding hydrogens is 262 g/mol. The maximum atomic E-state index is 11.5. The standard InChI is InChI=1S/C13H21N3O2S/c1-2-16-9-5-6-11(10-16)15-12-7-3-4-8-13(12)19(14,17)18/h3-4,7-8,11,15H,2,5-6,9-10H2,1H3,(H2,14,17,18). The first kappa shape index (κ1) is 14.3. The van der Waals surface area contributed by atoms with E-state index in [1.165, 1.54) is 6.07 Å². The Morgan fingerprint density at radius 1 is 1.42 bits per heavy atom. The number of nitrogens with one attached hydrogen (secondary N) is 1. The summed E-state index contributed by atoms with van der Waals surface area (Å²) in [6.07, 6.45) is 2.18. The number of benzene rings is 1.